The van der Waals surface area contributed by atoms with Gasteiger partial charge in [-0.15, -0.1) is 11.8 Å². The summed E-state index contributed by atoms with van der Waals surface area (Å²) >= 11 is 14.7. The first-order valence-electron chi connectivity index (χ1n) is 10.7. The van der Waals surface area contributed by atoms with Gasteiger partial charge in [-0.3, -0.25) is 0 Å². The van der Waals surface area contributed by atoms with Gasteiger partial charge < -0.3 is 10.1 Å². The first kappa shape index (κ1) is 23.5. The maximum absolute atomic E-state index is 13.6. The standard InChI is InChI=1S/C25H19Cl2F3N2OS/c26-18-11-19-22(21(27)20(18)16-3-1-2-4-17(16)25(28,29)30)32-24(31-19)23(33)14-7-9-15(10-8-14)34-12-13-5-6-13/h1-4,7-11,13,23,33H,5-6,12H2,(H,31,32). The lowest BCUT2D eigenvalue weighted by atomic mass is 9.98. The molecule has 0 bridgehead atoms. The lowest BCUT2D eigenvalue weighted by Gasteiger charge is -2.15. The highest BCUT2D eigenvalue weighted by Gasteiger charge is 2.34. The molecule has 0 spiro atoms. The molecule has 1 unspecified atom stereocenters. The number of H-pyrrole nitrogens is 1. The third-order valence-electron chi connectivity index (χ3n) is 5.83. The third-order valence-corrected chi connectivity index (χ3v) is 7.74. The molecule has 0 radical (unpaired) electrons. The van der Waals surface area contributed by atoms with Crippen molar-refractivity contribution < 1.29 is 18.3 Å². The molecule has 3 nitrogen and oxygen atoms in total. The van der Waals surface area contributed by atoms with E-state index in [1.807, 2.05) is 24.3 Å². The molecule has 1 aromatic heterocycles. The van der Waals surface area contributed by atoms with Crippen LogP contribution in [0.15, 0.2) is 59.5 Å². The van der Waals surface area contributed by atoms with Crippen LogP contribution in [0.25, 0.3) is 22.2 Å². The zero-order chi connectivity index (χ0) is 24.0. The Morgan fingerprint density at radius 2 is 1.79 bits per heavy atom. The van der Waals surface area contributed by atoms with Gasteiger partial charge in [-0.1, -0.05) is 53.5 Å². The summed E-state index contributed by atoms with van der Waals surface area (Å²) < 4.78 is 40.8. The Labute approximate surface area is 208 Å². The van der Waals surface area contributed by atoms with Crippen molar-refractivity contribution in [1.29, 1.82) is 0 Å². The number of imidazole rings is 1. The third kappa shape index (κ3) is 4.67. The first-order chi connectivity index (χ1) is 16.2. The van der Waals surface area contributed by atoms with Crippen molar-refractivity contribution >= 4 is 46.0 Å². The van der Waals surface area contributed by atoms with Crippen LogP contribution in [-0.2, 0) is 6.18 Å². The topological polar surface area (TPSA) is 48.9 Å². The van der Waals surface area contributed by atoms with Gasteiger partial charge in [0.1, 0.15) is 17.4 Å². The quantitative estimate of drug-likeness (QED) is 0.251. The average molecular weight is 523 g/mol. The number of halogens is 5. The SMILES string of the molecule is OC(c1ccc(SCC2CC2)cc1)c1nc2c(Cl)c(-c3ccccc3C(F)(F)F)c(Cl)cc2[nH]1. The number of rotatable bonds is 6. The van der Waals surface area contributed by atoms with Crippen LogP contribution in [0.4, 0.5) is 13.2 Å². The van der Waals surface area contributed by atoms with Gasteiger partial charge in [-0.05, 0) is 54.2 Å². The number of hydrogen-bond donors (Lipinski definition) is 2. The predicted octanol–water partition coefficient (Wildman–Crippen LogP) is 8.14. The Morgan fingerprint density at radius 3 is 2.47 bits per heavy atom. The number of nitrogens with zero attached hydrogens (tertiary/aromatic N) is 1. The van der Waals surface area contributed by atoms with Crippen molar-refractivity contribution in [2.45, 2.75) is 30.0 Å². The van der Waals surface area contributed by atoms with E-state index in [0.29, 0.717) is 11.1 Å². The van der Waals surface area contributed by atoms with E-state index in [-0.39, 0.29) is 32.5 Å². The highest BCUT2D eigenvalue weighted by atomic mass is 35.5. The van der Waals surface area contributed by atoms with E-state index in [0.717, 1.165) is 22.6 Å². The number of aromatic amines is 1. The maximum atomic E-state index is 13.6. The Kier molecular flexibility index (Phi) is 6.31. The molecule has 2 N–H and O–H groups in total. The van der Waals surface area contributed by atoms with Gasteiger partial charge in [0.15, 0.2) is 0 Å². The predicted molar refractivity (Wildman–Crippen MR) is 131 cm³/mol. The molecule has 9 heteroatoms. The number of aliphatic hydroxyl groups excluding tert-OH is 1. The molecule has 34 heavy (non-hydrogen) atoms. The highest BCUT2D eigenvalue weighted by molar-refractivity contribution is 7.99. The molecule has 1 heterocycles. The van der Waals surface area contributed by atoms with Crippen LogP contribution in [0.5, 0.6) is 0 Å². The summed E-state index contributed by atoms with van der Waals surface area (Å²) in [7, 11) is 0. The molecule has 176 valence electrons. The Balaban J connectivity index is 1.49. The first-order valence-corrected chi connectivity index (χ1v) is 12.4. The number of nitrogens with one attached hydrogen (secondary N) is 1. The molecular formula is C25H19Cl2F3N2OS. The van der Waals surface area contributed by atoms with Crippen molar-refractivity contribution in [3.8, 4) is 11.1 Å². The summed E-state index contributed by atoms with van der Waals surface area (Å²) in [4.78, 5) is 8.55. The molecule has 0 saturated heterocycles. The van der Waals surface area contributed by atoms with Crippen LogP contribution in [-0.4, -0.2) is 20.8 Å². The van der Waals surface area contributed by atoms with Crippen molar-refractivity contribution in [3.63, 3.8) is 0 Å². The lowest BCUT2D eigenvalue weighted by Crippen LogP contribution is -2.07. The van der Waals surface area contributed by atoms with E-state index in [2.05, 4.69) is 9.97 Å². The fraction of sp³-hybridized carbons (Fsp3) is 0.240. The monoisotopic (exact) mass is 522 g/mol. The number of alkyl halides is 3. The van der Waals surface area contributed by atoms with Gasteiger partial charge in [0.2, 0.25) is 0 Å². The van der Waals surface area contributed by atoms with Gasteiger partial charge in [-0.2, -0.15) is 13.2 Å². The molecule has 1 saturated carbocycles. The number of aromatic nitrogens is 2. The Morgan fingerprint density at radius 1 is 1.09 bits per heavy atom. The van der Waals surface area contributed by atoms with E-state index < -0.39 is 17.8 Å². The lowest BCUT2D eigenvalue weighted by molar-refractivity contribution is -0.137. The molecule has 1 fully saturated rings. The second-order valence-electron chi connectivity index (χ2n) is 8.33. The fourth-order valence-electron chi connectivity index (χ4n) is 3.83. The van der Waals surface area contributed by atoms with Crippen molar-refractivity contribution in [3.05, 3.63) is 81.6 Å². The number of thioether (sulfide) groups is 1. The molecule has 1 aliphatic carbocycles. The van der Waals surface area contributed by atoms with E-state index >= 15 is 0 Å². The number of aliphatic hydroxyl groups is 1. The van der Waals surface area contributed by atoms with Crippen molar-refractivity contribution in [1.82, 2.24) is 9.97 Å². The number of hydrogen-bond acceptors (Lipinski definition) is 3. The van der Waals surface area contributed by atoms with Crippen molar-refractivity contribution in [2.24, 2.45) is 5.92 Å². The summed E-state index contributed by atoms with van der Waals surface area (Å²) in [6, 6.07) is 14.2. The summed E-state index contributed by atoms with van der Waals surface area (Å²) in [6.07, 6.45) is -3.04. The van der Waals surface area contributed by atoms with Gasteiger partial charge in [-0.25, -0.2) is 4.98 Å². The summed E-state index contributed by atoms with van der Waals surface area (Å²) in [5.74, 6) is 2.15. The number of fused-ring (bicyclic) bond motifs is 1. The van der Waals surface area contributed by atoms with Gasteiger partial charge in [0, 0.05) is 16.2 Å². The van der Waals surface area contributed by atoms with Crippen LogP contribution >= 0.6 is 35.0 Å². The zero-order valence-corrected chi connectivity index (χ0v) is 20.0. The highest BCUT2D eigenvalue weighted by Crippen LogP contribution is 2.45. The molecule has 0 amide bonds. The minimum atomic E-state index is -4.58. The normalized spacial score (nSPS) is 15.1. The second-order valence-corrected chi connectivity index (χ2v) is 10.2. The molecular weight excluding hydrogens is 504 g/mol. The van der Waals surface area contributed by atoms with Gasteiger partial charge in [0.05, 0.1) is 21.1 Å². The summed E-state index contributed by atoms with van der Waals surface area (Å²) in [5.41, 5.74) is 0.385. The Hall–Kier alpha value is -2.19. The Bertz CT molecular complexity index is 1350. The summed E-state index contributed by atoms with van der Waals surface area (Å²) in [5, 5.41) is 10.9. The van der Waals surface area contributed by atoms with Gasteiger partial charge >= 0.3 is 6.18 Å². The largest absolute Gasteiger partial charge is 0.417 e. The molecule has 5 rings (SSSR count). The molecule has 3 aromatic carbocycles. The smallest absolute Gasteiger partial charge is 0.380 e. The number of benzene rings is 3. The van der Waals surface area contributed by atoms with E-state index in [9.17, 15) is 18.3 Å². The fourth-order valence-corrected chi connectivity index (χ4v) is 5.62. The van der Waals surface area contributed by atoms with Crippen LogP contribution < -0.4 is 0 Å². The minimum Gasteiger partial charge on any atom is -0.380 e. The molecule has 0 aliphatic heterocycles. The zero-order valence-electron chi connectivity index (χ0n) is 17.7. The summed E-state index contributed by atoms with van der Waals surface area (Å²) in [6.45, 7) is 0. The van der Waals surface area contributed by atoms with Gasteiger partial charge in [0.25, 0.3) is 0 Å². The van der Waals surface area contributed by atoms with E-state index in [1.54, 1.807) is 11.8 Å². The van der Waals surface area contributed by atoms with Crippen LogP contribution in [0.1, 0.15) is 35.9 Å². The van der Waals surface area contributed by atoms with Crippen LogP contribution in [0.3, 0.4) is 0 Å². The molecule has 1 aliphatic rings. The van der Waals surface area contributed by atoms with Crippen LogP contribution in [0.2, 0.25) is 10.0 Å². The van der Waals surface area contributed by atoms with Crippen LogP contribution in [0, 0.1) is 5.92 Å². The van der Waals surface area contributed by atoms with E-state index in [1.165, 1.54) is 37.1 Å². The van der Waals surface area contributed by atoms with Crippen molar-refractivity contribution in [2.75, 3.05) is 5.75 Å². The second kappa shape index (κ2) is 9.11. The molecule has 4 aromatic rings. The van der Waals surface area contributed by atoms with E-state index in [4.69, 9.17) is 23.2 Å². The average Bonchev–Trinajstić information content (AvgIpc) is 3.54. The minimum absolute atomic E-state index is 0.0132. The molecule has 1 atom stereocenters. The maximum Gasteiger partial charge on any atom is 0.417 e.